The lowest BCUT2D eigenvalue weighted by Gasteiger charge is -2.26. The first kappa shape index (κ1) is 20.4. The van der Waals surface area contributed by atoms with E-state index in [9.17, 15) is 24.6 Å². The van der Waals surface area contributed by atoms with Gasteiger partial charge in [-0.15, -0.1) is 0 Å². The Morgan fingerprint density at radius 1 is 0.931 bits per heavy atom. The summed E-state index contributed by atoms with van der Waals surface area (Å²) < 4.78 is 0. The van der Waals surface area contributed by atoms with Crippen LogP contribution in [-0.2, 0) is 9.59 Å². The van der Waals surface area contributed by atoms with Crippen LogP contribution >= 0.6 is 0 Å². The number of amides is 2. The summed E-state index contributed by atoms with van der Waals surface area (Å²) in [5, 5.41) is 21.7. The molecule has 1 fully saturated rings. The second-order valence-corrected chi connectivity index (χ2v) is 7.34. The Balaban J connectivity index is 1.79. The van der Waals surface area contributed by atoms with Crippen molar-refractivity contribution in [3.05, 3.63) is 54.1 Å². The van der Waals surface area contributed by atoms with E-state index in [1.807, 2.05) is 12.1 Å². The summed E-state index contributed by atoms with van der Waals surface area (Å²) in [5.41, 5.74) is 2.27. The van der Waals surface area contributed by atoms with Crippen molar-refractivity contribution in [1.82, 2.24) is 10.2 Å². The molecule has 0 aromatic heterocycles. The van der Waals surface area contributed by atoms with Crippen LogP contribution < -0.4 is 5.32 Å². The Labute approximate surface area is 169 Å². The lowest BCUT2D eigenvalue weighted by atomic mass is 10.0. The van der Waals surface area contributed by atoms with Crippen molar-refractivity contribution in [3.8, 4) is 16.9 Å². The molecule has 1 aliphatic heterocycles. The van der Waals surface area contributed by atoms with Gasteiger partial charge in [-0.2, -0.15) is 0 Å². The molecule has 0 aliphatic carbocycles. The second-order valence-electron chi connectivity index (χ2n) is 7.34. The molecule has 2 aromatic rings. The van der Waals surface area contributed by atoms with Gasteiger partial charge in [-0.3, -0.25) is 14.4 Å². The van der Waals surface area contributed by atoms with Gasteiger partial charge < -0.3 is 20.4 Å². The summed E-state index contributed by atoms with van der Waals surface area (Å²) >= 11 is 0. The van der Waals surface area contributed by atoms with Gasteiger partial charge in [-0.25, -0.2) is 0 Å². The van der Waals surface area contributed by atoms with E-state index in [0.717, 1.165) is 11.1 Å². The van der Waals surface area contributed by atoms with Gasteiger partial charge in [0.15, 0.2) is 0 Å². The molecule has 2 aromatic carbocycles. The first-order valence-electron chi connectivity index (χ1n) is 9.52. The van der Waals surface area contributed by atoms with Gasteiger partial charge in [0.2, 0.25) is 5.91 Å². The second kappa shape index (κ2) is 8.77. The number of nitrogens with one attached hydrogen (secondary N) is 1. The third kappa shape index (κ3) is 5.13. The highest BCUT2D eigenvalue weighted by Crippen LogP contribution is 2.24. The Morgan fingerprint density at radius 2 is 1.52 bits per heavy atom. The van der Waals surface area contributed by atoms with Gasteiger partial charge in [-0.05, 0) is 48.2 Å². The quantitative estimate of drug-likeness (QED) is 0.736. The maximum Gasteiger partial charge on any atom is 0.308 e. The van der Waals surface area contributed by atoms with Crippen LogP contribution in [0.2, 0.25) is 0 Å². The molecule has 29 heavy (non-hydrogen) atoms. The van der Waals surface area contributed by atoms with E-state index in [2.05, 4.69) is 5.32 Å². The van der Waals surface area contributed by atoms with Crippen molar-refractivity contribution in [2.24, 2.45) is 5.92 Å². The SMILES string of the molecule is CC(=O)N[C@@H]1CC[C@H](C(=O)O)CN(C(=O)c2ccc(-c3ccc(O)cc3)cc2)C1. The van der Waals surface area contributed by atoms with Gasteiger partial charge in [0.05, 0.1) is 5.92 Å². The van der Waals surface area contributed by atoms with Gasteiger partial charge in [0.1, 0.15) is 5.75 Å². The fourth-order valence-corrected chi connectivity index (χ4v) is 3.61. The predicted octanol–water partition coefficient (Wildman–Crippen LogP) is 2.50. The average Bonchev–Trinajstić information content (AvgIpc) is 2.90. The summed E-state index contributed by atoms with van der Waals surface area (Å²) in [4.78, 5) is 37.5. The molecule has 0 unspecified atom stereocenters. The molecule has 0 saturated carbocycles. The smallest absolute Gasteiger partial charge is 0.308 e. The standard InChI is InChI=1S/C22H24N2O5/c1-14(25)23-19-9-6-18(22(28)29)12-24(13-19)21(27)17-4-2-15(3-5-17)16-7-10-20(26)11-8-16/h2-5,7-8,10-11,18-19,26H,6,9,12-13H2,1H3,(H,23,25)(H,28,29)/t18-,19+/m0/s1. The number of aliphatic carboxylic acids is 1. The summed E-state index contributed by atoms with van der Waals surface area (Å²) in [6, 6.07) is 13.6. The van der Waals surface area contributed by atoms with Crippen molar-refractivity contribution in [2.75, 3.05) is 13.1 Å². The molecular weight excluding hydrogens is 372 g/mol. The summed E-state index contributed by atoms with van der Waals surface area (Å²) in [6.45, 7) is 1.81. The molecule has 0 bridgehead atoms. The number of likely N-dealkylation sites (tertiary alicyclic amines) is 1. The number of carbonyl (C=O) groups is 3. The third-order valence-electron chi connectivity index (χ3n) is 5.12. The van der Waals surface area contributed by atoms with Crippen LogP contribution in [0.1, 0.15) is 30.1 Å². The summed E-state index contributed by atoms with van der Waals surface area (Å²) in [7, 11) is 0. The normalized spacial score (nSPS) is 19.3. The van der Waals surface area contributed by atoms with Crippen LogP contribution in [0.25, 0.3) is 11.1 Å². The van der Waals surface area contributed by atoms with Crippen molar-refractivity contribution in [3.63, 3.8) is 0 Å². The van der Waals surface area contributed by atoms with Crippen molar-refractivity contribution >= 4 is 17.8 Å². The number of carbonyl (C=O) groups excluding carboxylic acids is 2. The number of carboxylic acid groups (broad SMARTS) is 1. The number of benzene rings is 2. The zero-order chi connectivity index (χ0) is 21.0. The van der Waals surface area contributed by atoms with Crippen LogP contribution in [0.15, 0.2) is 48.5 Å². The number of phenolic OH excluding ortho intramolecular Hbond substituents is 1. The Morgan fingerprint density at radius 3 is 2.07 bits per heavy atom. The molecule has 3 rings (SSSR count). The van der Waals surface area contributed by atoms with Crippen molar-refractivity contribution in [2.45, 2.75) is 25.8 Å². The van der Waals surface area contributed by atoms with Crippen LogP contribution in [0.4, 0.5) is 0 Å². The van der Waals surface area contributed by atoms with E-state index in [1.165, 1.54) is 11.8 Å². The molecule has 2 amide bonds. The highest BCUT2D eigenvalue weighted by atomic mass is 16.4. The van der Waals surface area contributed by atoms with Crippen molar-refractivity contribution < 1.29 is 24.6 Å². The molecule has 7 nitrogen and oxygen atoms in total. The molecule has 1 aliphatic rings. The molecule has 1 saturated heterocycles. The van der Waals surface area contributed by atoms with Crippen LogP contribution in [0.3, 0.4) is 0 Å². The Hall–Kier alpha value is -3.35. The monoisotopic (exact) mass is 396 g/mol. The number of hydrogen-bond donors (Lipinski definition) is 3. The number of phenols is 1. The predicted molar refractivity (Wildman–Crippen MR) is 107 cm³/mol. The first-order valence-corrected chi connectivity index (χ1v) is 9.52. The Bertz CT molecular complexity index is 892. The van der Waals surface area contributed by atoms with E-state index in [1.54, 1.807) is 36.4 Å². The summed E-state index contributed by atoms with van der Waals surface area (Å²) in [6.07, 6.45) is 0.921. The van der Waals surface area contributed by atoms with E-state index in [0.29, 0.717) is 18.4 Å². The maximum absolute atomic E-state index is 13.0. The van der Waals surface area contributed by atoms with Gasteiger partial charge in [0, 0.05) is 31.6 Å². The number of aromatic hydroxyl groups is 1. The minimum Gasteiger partial charge on any atom is -0.508 e. The fraction of sp³-hybridized carbons (Fsp3) is 0.318. The molecule has 7 heteroatoms. The molecule has 1 heterocycles. The van der Waals surface area contributed by atoms with E-state index < -0.39 is 11.9 Å². The van der Waals surface area contributed by atoms with Crippen LogP contribution in [0.5, 0.6) is 5.75 Å². The van der Waals surface area contributed by atoms with E-state index >= 15 is 0 Å². The number of rotatable bonds is 4. The van der Waals surface area contributed by atoms with Gasteiger partial charge >= 0.3 is 5.97 Å². The molecule has 3 N–H and O–H groups in total. The van der Waals surface area contributed by atoms with Gasteiger partial charge in [0.25, 0.3) is 5.91 Å². The molecule has 0 radical (unpaired) electrons. The fourth-order valence-electron chi connectivity index (χ4n) is 3.61. The zero-order valence-corrected chi connectivity index (χ0v) is 16.2. The number of hydrogen-bond acceptors (Lipinski definition) is 4. The number of nitrogens with zero attached hydrogens (tertiary/aromatic N) is 1. The zero-order valence-electron chi connectivity index (χ0n) is 16.2. The first-order chi connectivity index (χ1) is 13.8. The summed E-state index contributed by atoms with van der Waals surface area (Å²) in [5.74, 6) is -1.87. The average molecular weight is 396 g/mol. The van der Waals surface area contributed by atoms with Crippen LogP contribution in [0, 0.1) is 5.92 Å². The van der Waals surface area contributed by atoms with E-state index in [4.69, 9.17) is 0 Å². The lowest BCUT2D eigenvalue weighted by Crippen LogP contribution is -2.44. The van der Waals surface area contributed by atoms with E-state index in [-0.39, 0.29) is 36.7 Å². The molecular formula is C22H24N2O5. The Kier molecular flexibility index (Phi) is 6.16. The maximum atomic E-state index is 13.0. The third-order valence-corrected chi connectivity index (χ3v) is 5.12. The highest BCUT2D eigenvalue weighted by molar-refractivity contribution is 5.95. The lowest BCUT2D eigenvalue weighted by molar-refractivity contribution is -0.142. The highest BCUT2D eigenvalue weighted by Gasteiger charge is 2.31. The minimum atomic E-state index is -0.936. The van der Waals surface area contributed by atoms with Crippen molar-refractivity contribution in [1.29, 1.82) is 0 Å². The number of carboxylic acids is 1. The molecule has 2 atom stereocenters. The largest absolute Gasteiger partial charge is 0.508 e. The molecule has 0 spiro atoms. The minimum absolute atomic E-state index is 0.115. The van der Waals surface area contributed by atoms with Crippen LogP contribution in [-0.4, -0.2) is 52.0 Å². The topological polar surface area (TPSA) is 107 Å². The molecule has 152 valence electrons. The van der Waals surface area contributed by atoms with Gasteiger partial charge in [-0.1, -0.05) is 24.3 Å².